The van der Waals surface area contributed by atoms with Crippen molar-refractivity contribution in [2.75, 3.05) is 36.4 Å². The van der Waals surface area contributed by atoms with E-state index in [1.54, 1.807) is 37.8 Å². The van der Waals surface area contributed by atoms with E-state index in [2.05, 4.69) is 15.9 Å². The second-order valence-electron chi connectivity index (χ2n) is 7.07. The monoisotopic (exact) mass is 451 g/mol. The Morgan fingerprint density at radius 1 is 1.11 bits per heavy atom. The SMILES string of the molecule is CC(C)(C)OC(=O)N1CCN(c2cc(Br)ccc2NC(=O)C(F)(F)F)CC1. The number of carbonyl (C=O) groups excluding carboxylic acids is 2. The Balaban J connectivity index is 2.10. The molecular formula is C17H21BrF3N3O3. The molecule has 10 heteroatoms. The average molecular weight is 452 g/mol. The number of amides is 2. The molecule has 1 aliphatic heterocycles. The van der Waals surface area contributed by atoms with Crippen molar-refractivity contribution in [3.63, 3.8) is 0 Å². The van der Waals surface area contributed by atoms with Crippen molar-refractivity contribution < 1.29 is 27.5 Å². The van der Waals surface area contributed by atoms with Gasteiger partial charge in [0.15, 0.2) is 0 Å². The quantitative estimate of drug-likeness (QED) is 0.737. The molecule has 1 aromatic rings. The molecule has 0 aliphatic carbocycles. The van der Waals surface area contributed by atoms with E-state index < -0.39 is 23.8 Å². The summed E-state index contributed by atoms with van der Waals surface area (Å²) >= 11 is 3.29. The molecular weight excluding hydrogens is 431 g/mol. The Hall–Kier alpha value is -1.97. The van der Waals surface area contributed by atoms with E-state index in [0.29, 0.717) is 36.3 Å². The molecule has 1 aliphatic rings. The molecule has 2 rings (SSSR count). The normalized spacial score (nSPS) is 15.5. The van der Waals surface area contributed by atoms with Crippen LogP contribution in [0, 0.1) is 0 Å². The third-order valence-electron chi connectivity index (χ3n) is 3.74. The summed E-state index contributed by atoms with van der Waals surface area (Å²) in [5, 5.41) is 1.91. The number of hydrogen-bond donors (Lipinski definition) is 1. The molecule has 2 amide bonds. The Morgan fingerprint density at radius 3 is 2.22 bits per heavy atom. The molecule has 0 atom stereocenters. The topological polar surface area (TPSA) is 61.9 Å². The van der Waals surface area contributed by atoms with Crippen molar-refractivity contribution in [1.29, 1.82) is 0 Å². The molecule has 0 saturated carbocycles. The van der Waals surface area contributed by atoms with Gasteiger partial charge in [-0.25, -0.2) is 4.79 Å². The fourth-order valence-corrected chi connectivity index (χ4v) is 2.87. The van der Waals surface area contributed by atoms with Crippen molar-refractivity contribution in [3.8, 4) is 0 Å². The van der Waals surface area contributed by atoms with Gasteiger partial charge in [-0.2, -0.15) is 13.2 Å². The number of ether oxygens (including phenoxy) is 1. The van der Waals surface area contributed by atoms with E-state index in [1.807, 2.05) is 10.2 Å². The first kappa shape index (κ1) is 21.3. The molecule has 0 aromatic heterocycles. The first-order chi connectivity index (χ1) is 12.4. The van der Waals surface area contributed by atoms with Crippen molar-refractivity contribution in [2.24, 2.45) is 0 Å². The highest BCUT2D eigenvalue weighted by Gasteiger charge is 2.39. The van der Waals surface area contributed by atoms with Gasteiger partial charge in [0.2, 0.25) is 0 Å². The van der Waals surface area contributed by atoms with Gasteiger partial charge in [-0.05, 0) is 39.0 Å². The van der Waals surface area contributed by atoms with Crippen LogP contribution in [0.4, 0.5) is 29.3 Å². The molecule has 1 aromatic carbocycles. The first-order valence-corrected chi connectivity index (χ1v) is 9.07. The number of nitrogens with one attached hydrogen (secondary N) is 1. The van der Waals surface area contributed by atoms with Crippen molar-refractivity contribution in [1.82, 2.24) is 4.90 Å². The van der Waals surface area contributed by atoms with Crippen LogP contribution in [0.15, 0.2) is 22.7 Å². The summed E-state index contributed by atoms with van der Waals surface area (Å²) in [4.78, 5) is 26.8. The largest absolute Gasteiger partial charge is 0.471 e. The Morgan fingerprint density at radius 2 is 1.70 bits per heavy atom. The molecule has 1 N–H and O–H groups in total. The predicted molar refractivity (Wildman–Crippen MR) is 98.8 cm³/mol. The molecule has 27 heavy (non-hydrogen) atoms. The summed E-state index contributed by atoms with van der Waals surface area (Å²) in [5.41, 5.74) is -0.0924. The fraction of sp³-hybridized carbons (Fsp3) is 0.529. The molecule has 1 saturated heterocycles. The van der Waals surface area contributed by atoms with Crippen molar-refractivity contribution in [2.45, 2.75) is 32.5 Å². The van der Waals surface area contributed by atoms with Crippen LogP contribution in [0.2, 0.25) is 0 Å². The number of carbonyl (C=O) groups is 2. The number of rotatable bonds is 2. The van der Waals surface area contributed by atoms with E-state index in [-0.39, 0.29) is 5.69 Å². The van der Waals surface area contributed by atoms with E-state index >= 15 is 0 Å². The maximum atomic E-state index is 12.6. The van der Waals surface area contributed by atoms with Gasteiger partial charge in [0, 0.05) is 30.7 Å². The number of hydrogen-bond acceptors (Lipinski definition) is 4. The van der Waals surface area contributed by atoms with Crippen LogP contribution in [0.25, 0.3) is 0 Å². The van der Waals surface area contributed by atoms with Crippen LogP contribution in [-0.4, -0.2) is 54.9 Å². The van der Waals surface area contributed by atoms with E-state index in [4.69, 9.17) is 4.74 Å². The van der Waals surface area contributed by atoms with Crippen molar-refractivity contribution >= 4 is 39.3 Å². The fourth-order valence-electron chi connectivity index (χ4n) is 2.52. The number of halogens is 4. The van der Waals surface area contributed by atoms with Crippen LogP contribution in [-0.2, 0) is 9.53 Å². The lowest BCUT2D eigenvalue weighted by molar-refractivity contribution is -0.167. The number of benzene rings is 1. The summed E-state index contributed by atoms with van der Waals surface area (Å²) in [5.74, 6) is -2.03. The molecule has 150 valence electrons. The highest BCUT2D eigenvalue weighted by molar-refractivity contribution is 9.10. The smallest absolute Gasteiger partial charge is 0.444 e. The minimum atomic E-state index is -4.97. The lowest BCUT2D eigenvalue weighted by Crippen LogP contribution is -2.50. The third-order valence-corrected chi connectivity index (χ3v) is 4.23. The zero-order valence-corrected chi connectivity index (χ0v) is 16.8. The molecule has 1 fully saturated rings. The van der Waals surface area contributed by atoms with Gasteiger partial charge in [-0.15, -0.1) is 0 Å². The summed E-state index contributed by atoms with van der Waals surface area (Å²) in [6.07, 6.45) is -5.40. The number of anilines is 2. The van der Waals surface area contributed by atoms with Gasteiger partial charge in [0.25, 0.3) is 0 Å². The molecule has 0 radical (unpaired) electrons. The molecule has 1 heterocycles. The number of alkyl halides is 3. The standard InChI is InChI=1S/C17H21BrF3N3O3/c1-16(2,3)27-15(26)24-8-6-23(7-9-24)13-10-11(18)4-5-12(13)22-14(25)17(19,20)21/h4-5,10H,6-9H2,1-3H3,(H,22,25). The van der Waals surface area contributed by atoms with Gasteiger partial charge < -0.3 is 19.9 Å². The van der Waals surface area contributed by atoms with E-state index in [9.17, 15) is 22.8 Å². The molecule has 6 nitrogen and oxygen atoms in total. The van der Waals surface area contributed by atoms with Crippen LogP contribution in [0.5, 0.6) is 0 Å². The highest BCUT2D eigenvalue weighted by Crippen LogP contribution is 2.32. The Bertz CT molecular complexity index is 712. The summed E-state index contributed by atoms with van der Waals surface area (Å²) in [6.45, 7) is 6.83. The Labute approximate surface area is 163 Å². The molecule has 0 bridgehead atoms. The summed E-state index contributed by atoms with van der Waals surface area (Å²) in [6, 6.07) is 4.59. The highest BCUT2D eigenvalue weighted by atomic mass is 79.9. The zero-order chi connectivity index (χ0) is 20.4. The van der Waals surface area contributed by atoms with E-state index in [0.717, 1.165) is 0 Å². The number of nitrogens with zero attached hydrogens (tertiary/aromatic N) is 2. The predicted octanol–water partition coefficient (Wildman–Crippen LogP) is 4.01. The van der Waals surface area contributed by atoms with Crippen LogP contribution in [0.1, 0.15) is 20.8 Å². The second kappa shape index (κ2) is 7.95. The van der Waals surface area contributed by atoms with Crippen LogP contribution in [0.3, 0.4) is 0 Å². The average Bonchev–Trinajstić information content (AvgIpc) is 2.54. The van der Waals surface area contributed by atoms with Gasteiger partial charge in [-0.3, -0.25) is 4.79 Å². The number of piperazine rings is 1. The second-order valence-corrected chi connectivity index (χ2v) is 7.98. The van der Waals surface area contributed by atoms with Crippen LogP contribution < -0.4 is 10.2 Å². The van der Waals surface area contributed by atoms with Gasteiger partial charge in [0.05, 0.1) is 11.4 Å². The van der Waals surface area contributed by atoms with E-state index in [1.165, 1.54) is 6.07 Å². The summed E-state index contributed by atoms with van der Waals surface area (Å²) < 4.78 is 43.7. The minimum absolute atomic E-state index is 0.0613. The molecule has 0 spiro atoms. The molecule has 0 unspecified atom stereocenters. The summed E-state index contributed by atoms with van der Waals surface area (Å²) in [7, 11) is 0. The maximum Gasteiger partial charge on any atom is 0.471 e. The van der Waals surface area contributed by atoms with Gasteiger partial charge >= 0.3 is 18.2 Å². The van der Waals surface area contributed by atoms with Gasteiger partial charge in [-0.1, -0.05) is 15.9 Å². The lowest BCUT2D eigenvalue weighted by atomic mass is 10.2. The first-order valence-electron chi connectivity index (χ1n) is 8.27. The maximum absolute atomic E-state index is 12.6. The zero-order valence-electron chi connectivity index (χ0n) is 15.2. The van der Waals surface area contributed by atoms with Gasteiger partial charge in [0.1, 0.15) is 5.60 Å². The van der Waals surface area contributed by atoms with Crippen molar-refractivity contribution in [3.05, 3.63) is 22.7 Å². The minimum Gasteiger partial charge on any atom is -0.444 e. The third kappa shape index (κ3) is 6.02. The Kier molecular flexibility index (Phi) is 6.28. The lowest BCUT2D eigenvalue weighted by Gasteiger charge is -2.37. The van der Waals surface area contributed by atoms with Crippen LogP contribution >= 0.6 is 15.9 Å².